The van der Waals surface area contributed by atoms with Gasteiger partial charge in [0.05, 0.1) is 5.69 Å². The molecular formula is C11H20N4. The van der Waals surface area contributed by atoms with Gasteiger partial charge >= 0.3 is 0 Å². The molecule has 0 radical (unpaired) electrons. The van der Waals surface area contributed by atoms with Crippen LogP contribution in [0.15, 0.2) is 18.3 Å². The maximum atomic E-state index is 5.55. The normalized spacial score (nSPS) is 10.9. The largest absolute Gasteiger partial charge is 0.329 e. The molecule has 0 saturated carbocycles. The minimum atomic E-state index is 0.659. The van der Waals surface area contributed by atoms with Crippen LogP contribution < -0.4 is 11.5 Å². The highest BCUT2D eigenvalue weighted by molar-refractivity contribution is 5.17. The molecule has 4 heteroatoms. The van der Waals surface area contributed by atoms with Gasteiger partial charge in [0.2, 0.25) is 0 Å². The van der Waals surface area contributed by atoms with Crippen LogP contribution in [0.3, 0.4) is 0 Å². The molecule has 0 atom stereocenters. The summed E-state index contributed by atoms with van der Waals surface area (Å²) >= 11 is 0. The van der Waals surface area contributed by atoms with E-state index in [-0.39, 0.29) is 0 Å². The van der Waals surface area contributed by atoms with Crippen molar-refractivity contribution in [3.8, 4) is 0 Å². The summed E-state index contributed by atoms with van der Waals surface area (Å²) in [5.41, 5.74) is 13.4. The van der Waals surface area contributed by atoms with Crippen LogP contribution in [0.2, 0.25) is 0 Å². The van der Waals surface area contributed by atoms with Crippen molar-refractivity contribution in [3.63, 3.8) is 0 Å². The van der Waals surface area contributed by atoms with Crippen LogP contribution in [0.25, 0.3) is 0 Å². The Kier molecular flexibility index (Phi) is 5.25. The number of rotatable bonds is 6. The van der Waals surface area contributed by atoms with Crippen molar-refractivity contribution >= 4 is 0 Å². The van der Waals surface area contributed by atoms with Gasteiger partial charge < -0.3 is 11.5 Å². The Morgan fingerprint density at radius 3 is 2.47 bits per heavy atom. The van der Waals surface area contributed by atoms with E-state index in [0.717, 1.165) is 25.3 Å². The van der Waals surface area contributed by atoms with Crippen molar-refractivity contribution in [3.05, 3.63) is 29.6 Å². The van der Waals surface area contributed by atoms with Crippen LogP contribution in [0.4, 0.5) is 0 Å². The molecule has 1 aromatic heterocycles. The van der Waals surface area contributed by atoms with E-state index in [0.29, 0.717) is 13.1 Å². The fourth-order valence-electron chi connectivity index (χ4n) is 1.53. The van der Waals surface area contributed by atoms with Gasteiger partial charge in [0.25, 0.3) is 0 Å². The first-order valence-electron chi connectivity index (χ1n) is 5.31. The van der Waals surface area contributed by atoms with Gasteiger partial charge in [-0.1, -0.05) is 6.07 Å². The predicted octanol–water partition coefficient (Wildman–Crippen LogP) is 0.109. The molecule has 0 aliphatic carbocycles. The average Bonchev–Trinajstić information content (AvgIpc) is 2.22. The molecule has 0 aliphatic rings. The zero-order valence-electron chi connectivity index (χ0n) is 9.32. The minimum absolute atomic E-state index is 0.659. The van der Waals surface area contributed by atoms with Crippen molar-refractivity contribution in [1.82, 2.24) is 9.88 Å². The molecule has 0 bridgehead atoms. The smallest absolute Gasteiger partial charge is 0.0573 e. The van der Waals surface area contributed by atoms with Gasteiger partial charge in [-0.25, -0.2) is 0 Å². The molecule has 4 N–H and O–H groups in total. The van der Waals surface area contributed by atoms with E-state index in [4.69, 9.17) is 11.5 Å². The van der Waals surface area contributed by atoms with Gasteiger partial charge in [-0.2, -0.15) is 0 Å². The second kappa shape index (κ2) is 6.50. The third-order valence-corrected chi connectivity index (χ3v) is 2.38. The molecule has 15 heavy (non-hydrogen) atoms. The fraction of sp³-hybridized carbons (Fsp3) is 0.545. The molecule has 84 valence electrons. The first kappa shape index (κ1) is 12.1. The van der Waals surface area contributed by atoms with E-state index in [9.17, 15) is 0 Å². The zero-order chi connectivity index (χ0) is 11.1. The lowest BCUT2D eigenvalue weighted by atomic mass is 10.2. The summed E-state index contributed by atoms with van der Waals surface area (Å²) in [5, 5.41) is 0. The molecule has 1 heterocycles. The Bertz CT molecular complexity index is 282. The van der Waals surface area contributed by atoms with E-state index in [1.54, 1.807) is 0 Å². The number of aromatic nitrogens is 1. The van der Waals surface area contributed by atoms with Gasteiger partial charge in [0.15, 0.2) is 0 Å². The molecule has 1 aromatic rings. The van der Waals surface area contributed by atoms with E-state index < -0.39 is 0 Å². The second-order valence-corrected chi connectivity index (χ2v) is 3.62. The lowest BCUT2D eigenvalue weighted by Crippen LogP contribution is -2.33. The summed E-state index contributed by atoms with van der Waals surface area (Å²) in [6.45, 7) is 5.96. The molecular weight excluding hydrogens is 188 g/mol. The Morgan fingerprint density at radius 2 is 1.93 bits per heavy atom. The Morgan fingerprint density at radius 1 is 1.27 bits per heavy atom. The fourth-order valence-corrected chi connectivity index (χ4v) is 1.53. The SMILES string of the molecule is Cc1cccnc1CN(CCN)CCN. The maximum absolute atomic E-state index is 5.55. The maximum Gasteiger partial charge on any atom is 0.0573 e. The van der Waals surface area contributed by atoms with Crippen LogP contribution >= 0.6 is 0 Å². The van der Waals surface area contributed by atoms with Gasteiger partial charge in [0.1, 0.15) is 0 Å². The van der Waals surface area contributed by atoms with E-state index in [1.165, 1.54) is 5.56 Å². The van der Waals surface area contributed by atoms with Gasteiger partial charge in [-0.3, -0.25) is 9.88 Å². The molecule has 0 spiro atoms. The predicted molar refractivity (Wildman–Crippen MR) is 62.4 cm³/mol. The molecule has 4 nitrogen and oxygen atoms in total. The number of pyridine rings is 1. The topological polar surface area (TPSA) is 68.2 Å². The quantitative estimate of drug-likeness (QED) is 0.696. The Labute approximate surface area is 91.3 Å². The molecule has 0 saturated heterocycles. The number of hydrogen-bond donors (Lipinski definition) is 2. The number of hydrogen-bond acceptors (Lipinski definition) is 4. The summed E-state index contributed by atoms with van der Waals surface area (Å²) in [6, 6.07) is 4.03. The summed E-state index contributed by atoms with van der Waals surface area (Å²) in [5.74, 6) is 0. The summed E-state index contributed by atoms with van der Waals surface area (Å²) < 4.78 is 0. The molecule has 0 aromatic carbocycles. The Hall–Kier alpha value is -0.970. The summed E-state index contributed by atoms with van der Waals surface area (Å²) in [6.07, 6.45) is 1.82. The van der Waals surface area contributed by atoms with Gasteiger partial charge in [-0.05, 0) is 18.6 Å². The highest BCUT2D eigenvalue weighted by Crippen LogP contribution is 2.06. The molecule has 0 aliphatic heterocycles. The average molecular weight is 208 g/mol. The lowest BCUT2D eigenvalue weighted by molar-refractivity contribution is 0.277. The van der Waals surface area contributed by atoms with Crippen LogP contribution in [0.1, 0.15) is 11.3 Å². The summed E-state index contributed by atoms with van der Waals surface area (Å²) in [4.78, 5) is 6.59. The lowest BCUT2D eigenvalue weighted by Gasteiger charge is -2.20. The zero-order valence-corrected chi connectivity index (χ0v) is 9.32. The van der Waals surface area contributed by atoms with Gasteiger partial charge in [-0.15, -0.1) is 0 Å². The van der Waals surface area contributed by atoms with Crippen molar-refractivity contribution in [1.29, 1.82) is 0 Å². The first-order chi connectivity index (χ1) is 7.27. The van der Waals surface area contributed by atoms with E-state index in [1.807, 2.05) is 12.3 Å². The third-order valence-electron chi connectivity index (χ3n) is 2.38. The molecule has 0 fully saturated rings. The monoisotopic (exact) mass is 208 g/mol. The van der Waals surface area contributed by atoms with Gasteiger partial charge in [0, 0.05) is 38.9 Å². The van der Waals surface area contributed by atoms with Crippen LogP contribution in [-0.2, 0) is 6.54 Å². The van der Waals surface area contributed by atoms with Crippen LogP contribution in [0, 0.1) is 6.92 Å². The standard InChI is InChI=1S/C11H20N4/c1-10-3-2-6-14-11(10)9-15(7-4-12)8-5-13/h2-3,6H,4-5,7-9,12-13H2,1H3. The molecule has 1 rings (SSSR count). The van der Waals surface area contributed by atoms with Crippen LogP contribution in [-0.4, -0.2) is 36.1 Å². The van der Waals surface area contributed by atoms with Crippen molar-refractivity contribution < 1.29 is 0 Å². The summed E-state index contributed by atoms with van der Waals surface area (Å²) in [7, 11) is 0. The second-order valence-electron chi connectivity index (χ2n) is 3.62. The highest BCUT2D eigenvalue weighted by Gasteiger charge is 2.06. The number of nitrogens with two attached hydrogens (primary N) is 2. The highest BCUT2D eigenvalue weighted by atomic mass is 15.1. The van der Waals surface area contributed by atoms with Crippen molar-refractivity contribution in [2.24, 2.45) is 11.5 Å². The van der Waals surface area contributed by atoms with E-state index in [2.05, 4.69) is 22.9 Å². The minimum Gasteiger partial charge on any atom is -0.329 e. The first-order valence-corrected chi connectivity index (χ1v) is 5.31. The van der Waals surface area contributed by atoms with Crippen molar-refractivity contribution in [2.75, 3.05) is 26.2 Å². The molecule has 0 amide bonds. The number of nitrogens with zero attached hydrogens (tertiary/aromatic N) is 2. The van der Waals surface area contributed by atoms with Crippen LogP contribution in [0.5, 0.6) is 0 Å². The van der Waals surface area contributed by atoms with Crippen molar-refractivity contribution in [2.45, 2.75) is 13.5 Å². The van der Waals surface area contributed by atoms with E-state index >= 15 is 0 Å². The Balaban J connectivity index is 2.60. The third kappa shape index (κ3) is 3.95. The molecule has 0 unspecified atom stereocenters. The number of aryl methyl sites for hydroxylation is 1.